The molecule has 5 nitrogen and oxygen atoms in total. The Morgan fingerprint density at radius 1 is 0.364 bits per heavy atom. The fourth-order valence-corrected chi connectivity index (χ4v) is 7.99. The first-order chi connectivity index (χ1) is 27.3. The van der Waals surface area contributed by atoms with E-state index in [0.717, 1.165) is 71.6 Å². The molecule has 0 spiro atoms. The first kappa shape index (κ1) is 31.1. The van der Waals surface area contributed by atoms with Crippen LogP contribution in [0.25, 0.3) is 111 Å². The maximum atomic E-state index is 6.59. The van der Waals surface area contributed by atoms with Gasteiger partial charge in [-0.25, -0.2) is 15.0 Å². The molecule has 0 fully saturated rings. The van der Waals surface area contributed by atoms with Crippen molar-refractivity contribution in [3.63, 3.8) is 0 Å². The van der Waals surface area contributed by atoms with Crippen molar-refractivity contribution in [2.24, 2.45) is 0 Å². The van der Waals surface area contributed by atoms with Gasteiger partial charge in [-0.1, -0.05) is 158 Å². The third-order valence-electron chi connectivity index (χ3n) is 10.6. The lowest BCUT2D eigenvalue weighted by Gasteiger charge is -2.13. The van der Waals surface area contributed by atoms with Gasteiger partial charge in [-0.3, -0.25) is 4.98 Å². The molecule has 3 aromatic heterocycles. The van der Waals surface area contributed by atoms with Crippen molar-refractivity contribution < 1.29 is 4.42 Å². The summed E-state index contributed by atoms with van der Waals surface area (Å²) in [6, 6.07) is 60.8. The molecule has 11 rings (SSSR count). The Bertz CT molecular complexity index is 3250. The molecule has 0 bridgehead atoms. The Balaban J connectivity index is 1.07. The van der Waals surface area contributed by atoms with E-state index >= 15 is 0 Å². The van der Waals surface area contributed by atoms with Gasteiger partial charge in [-0.05, 0) is 51.0 Å². The molecular formula is C50H30N4O. The number of hydrogen-bond donors (Lipinski definition) is 0. The maximum Gasteiger partial charge on any atom is 0.164 e. The largest absolute Gasteiger partial charge is 0.455 e. The third kappa shape index (κ3) is 5.17. The summed E-state index contributed by atoms with van der Waals surface area (Å²) in [6.07, 6.45) is 1.87. The highest BCUT2D eigenvalue weighted by atomic mass is 16.3. The lowest BCUT2D eigenvalue weighted by molar-refractivity contribution is 0.670. The molecule has 0 saturated carbocycles. The summed E-state index contributed by atoms with van der Waals surface area (Å²) in [5.41, 5.74) is 9.80. The van der Waals surface area contributed by atoms with E-state index in [9.17, 15) is 0 Å². The predicted molar refractivity (Wildman–Crippen MR) is 225 cm³/mol. The number of nitrogens with zero attached hydrogens (tertiary/aromatic N) is 4. The van der Waals surface area contributed by atoms with Gasteiger partial charge in [0.2, 0.25) is 0 Å². The number of benzene rings is 8. The van der Waals surface area contributed by atoms with Crippen LogP contribution in [0.5, 0.6) is 0 Å². The Labute approximate surface area is 316 Å². The highest BCUT2D eigenvalue weighted by Crippen LogP contribution is 2.41. The van der Waals surface area contributed by atoms with Crippen molar-refractivity contribution >= 4 is 54.4 Å². The van der Waals surface area contributed by atoms with Crippen molar-refractivity contribution in [2.45, 2.75) is 0 Å². The summed E-state index contributed by atoms with van der Waals surface area (Å²) in [5.74, 6) is 1.81. The van der Waals surface area contributed by atoms with Gasteiger partial charge in [0.15, 0.2) is 17.5 Å². The van der Waals surface area contributed by atoms with Gasteiger partial charge in [0.05, 0.1) is 5.52 Å². The number of rotatable bonds is 5. The number of para-hydroxylation sites is 1. The van der Waals surface area contributed by atoms with Crippen molar-refractivity contribution in [2.75, 3.05) is 0 Å². The monoisotopic (exact) mass is 702 g/mol. The number of aromatic nitrogens is 4. The number of pyridine rings is 1. The highest BCUT2D eigenvalue weighted by Gasteiger charge is 2.20. The standard InChI is InChI=1S/C50H30N4O/c1-3-12-31(13-4-1)37-19-9-20-40-45-41(21-10-22-43(45)55-47(37)40)50-53-48(34-14-5-2-6-15-34)52-49(54-50)35-26-23-32(24-27-35)42-30-36-28-25-33-16-11-29-51-46(33)44(36)39-18-8-7-17-38(39)42/h1-30H. The highest BCUT2D eigenvalue weighted by molar-refractivity contribution is 6.22. The number of fused-ring (bicyclic) bond motifs is 8. The van der Waals surface area contributed by atoms with Gasteiger partial charge in [0.25, 0.3) is 0 Å². The van der Waals surface area contributed by atoms with Gasteiger partial charge in [-0.15, -0.1) is 0 Å². The molecule has 0 aliphatic rings. The SMILES string of the molecule is c1ccc(-c2nc(-c3ccc(-c4cc5ccc6cccnc6c5c5ccccc45)cc3)nc(-c3cccc4oc5c(-c6ccccc6)cccc5c34)n2)cc1. The van der Waals surface area contributed by atoms with Crippen LogP contribution in [0.1, 0.15) is 0 Å². The van der Waals surface area contributed by atoms with E-state index in [1.54, 1.807) is 0 Å². The van der Waals surface area contributed by atoms with Crippen LogP contribution in [-0.2, 0) is 0 Å². The average Bonchev–Trinajstić information content (AvgIpc) is 3.66. The molecule has 11 aromatic rings. The second-order valence-corrected chi connectivity index (χ2v) is 13.8. The molecular weight excluding hydrogens is 673 g/mol. The quantitative estimate of drug-likeness (QED) is 0.167. The molecule has 0 amide bonds. The van der Waals surface area contributed by atoms with Crippen LogP contribution >= 0.6 is 0 Å². The summed E-state index contributed by atoms with van der Waals surface area (Å²) >= 11 is 0. The molecule has 0 unspecified atom stereocenters. The van der Waals surface area contributed by atoms with E-state index in [0.29, 0.717) is 17.5 Å². The van der Waals surface area contributed by atoms with E-state index in [1.807, 2.05) is 60.8 Å². The van der Waals surface area contributed by atoms with Crippen LogP contribution in [-0.4, -0.2) is 19.9 Å². The second-order valence-electron chi connectivity index (χ2n) is 13.8. The lowest BCUT2D eigenvalue weighted by Crippen LogP contribution is -2.00. The topological polar surface area (TPSA) is 64.7 Å². The summed E-state index contributed by atoms with van der Waals surface area (Å²) < 4.78 is 6.59. The summed E-state index contributed by atoms with van der Waals surface area (Å²) in [4.78, 5) is 20.1. The smallest absolute Gasteiger partial charge is 0.164 e. The minimum atomic E-state index is 0.590. The van der Waals surface area contributed by atoms with Crippen LogP contribution in [0.3, 0.4) is 0 Å². The molecule has 0 aliphatic heterocycles. The molecule has 3 heterocycles. The van der Waals surface area contributed by atoms with Crippen LogP contribution in [0.2, 0.25) is 0 Å². The van der Waals surface area contributed by atoms with E-state index < -0.39 is 0 Å². The minimum absolute atomic E-state index is 0.590. The summed E-state index contributed by atoms with van der Waals surface area (Å²) in [5, 5.41) is 7.85. The Hall–Kier alpha value is -7.50. The van der Waals surface area contributed by atoms with Crippen molar-refractivity contribution in [1.82, 2.24) is 19.9 Å². The zero-order valence-corrected chi connectivity index (χ0v) is 29.5. The fraction of sp³-hybridized carbons (Fsp3) is 0. The molecule has 8 aromatic carbocycles. The maximum absolute atomic E-state index is 6.59. The molecule has 0 aliphatic carbocycles. The molecule has 0 radical (unpaired) electrons. The Morgan fingerprint density at radius 3 is 1.76 bits per heavy atom. The predicted octanol–water partition coefficient (Wildman–Crippen LogP) is 13.0. The normalized spacial score (nSPS) is 11.6. The van der Waals surface area contributed by atoms with Gasteiger partial charge < -0.3 is 4.42 Å². The molecule has 5 heteroatoms. The fourth-order valence-electron chi connectivity index (χ4n) is 7.99. The van der Waals surface area contributed by atoms with Crippen LogP contribution in [0, 0.1) is 0 Å². The zero-order valence-electron chi connectivity index (χ0n) is 29.5. The second kappa shape index (κ2) is 12.6. The molecule has 0 atom stereocenters. The first-order valence-corrected chi connectivity index (χ1v) is 18.4. The zero-order chi connectivity index (χ0) is 36.3. The summed E-state index contributed by atoms with van der Waals surface area (Å²) in [7, 11) is 0. The van der Waals surface area contributed by atoms with Crippen LogP contribution in [0.4, 0.5) is 0 Å². The van der Waals surface area contributed by atoms with Crippen molar-refractivity contribution in [3.05, 3.63) is 182 Å². The Kier molecular flexibility index (Phi) is 7.10. The van der Waals surface area contributed by atoms with Gasteiger partial charge in [0, 0.05) is 50.0 Å². The molecule has 0 N–H and O–H groups in total. The van der Waals surface area contributed by atoms with Crippen LogP contribution < -0.4 is 0 Å². The first-order valence-electron chi connectivity index (χ1n) is 18.4. The van der Waals surface area contributed by atoms with E-state index in [-0.39, 0.29) is 0 Å². The number of hydrogen-bond acceptors (Lipinski definition) is 5. The van der Waals surface area contributed by atoms with Crippen molar-refractivity contribution in [1.29, 1.82) is 0 Å². The van der Waals surface area contributed by atoms with E-state index in [2.05, 4.69) is 121 Å². The van der Waals surface area contributed by atoms with Gasteiger partial charge in [0.1, 0.15) is 11.2 Å². The van der Waals surface area contributed by atoms with Crippen molar-refractivity contribution in [3.8, 4) is 56.4 Å². The molecule has 0 saturated heterocycles. The summed E-state index contributed by atoms with van der Waals surface area (Å²) in [6.45, 7) is 0. The van der Waals surface area contributed by atoms with E-state index in [4.69, 9.17) is 24.4 Å². The van der Waals surface area contributed by atoms with Gasteiger partial charge in [-0.2, -0.15) is 0 Å². The third-order valence-corrected chi connectivity index (χ3v) is 10.6. The van der Waals surface area contributed by atoms with Gasteiger partial charge >= 0.3 is 0 Å². The average molecular weight is 703 g/mol. The lowest BCUT2D eigenvalue weighted by atomic mass is 9.92. The molecule has 256 valence electrons. The number of furan rings is 1. The molecule has 55 heavy (non-hydrogen) atoms. The van der Waals surface area contributed by atoms with Crippen LogP contribution in [0.15, 0.2) is 187 Å². The van der Waals surface area contributed by atoms with E-state index in [1.165, 1.54) is 21.7 Å². The Morgan fingerprint density at radius 2 is 0.964 bits per heavy atom. The minimum Gasteiger partial charge on any atom is -0.455 e.